The summed E-state index contributed by atoms with van der Waals surface area (Å²) in [5.41, 5.74) is 8.41. The van der Waals surface area contributed by atoms with E-state index in [0.717, 1.165) is 42.6 Å². The van der Waals surface area contributed by atoms with Crippen LogP contribution in [0.3, 0.4) is 0 Å². The highest BCUT2D eigenvalue weighted by Gasteiger charge is 2.20. The van der Waals surface area contributed by atoms with Gasteiger partial charge in [0.25, 0.3) is 0 Å². The summed E-state index contributed by atoms with van der Waals surface area (Å²) in [5, 5.41) is 13.4. The van der Waals surface area contributed by atoms with Crippen molar-refractivity contribution in [3.05, 3.63) is 64.7 Å². The number of allylic oxidation sites excluding steroid dienone is 1. The number of nitrogens with one attached hydrogen (secondary N) is 1. The van der Waals surface area contributed by atoms with Crippen LogP contribution >= 0.6 is 0 Å². The molecular formula is C24H27NO3. The number of anilines is 2. The van der Waals surface area contributed by atoms with Gasteiger partial charge in [0, 0.05) is 11.4 Å². The van der Waals surface area contributed by atoms with Gasteiger partial charge in [-0.1, -0.05) is 24.3 Å². The molecule has 0 heterocycles. The number of rotatable bonds is 6. The molecule has 2 aromatic rings. The van der Waals surface area contributed by atoms with Crippen LogP contribution in [0, 0.1) is 0 Å². The van der Waals surface area contributed by atoms with Crippen LogP contribution in [0.5, 0.6) is 0 Å². The van der Waals surface area contributed by atoms with Crippen molar-refractivity contribution in [2.45, 2.75) is 51.6 Å². The normalized spacial score (nSPS) is 17.9. The van der Waals surface area contributed by atoms with Crippen molar-refractivity contribution in [2.24, 2.45) is 0 Å². The number of aryl methyl sites for hydroxylation is 1. The molecule has 2 aromatic carbocycles. The van der Waals surface area contributed by atoms with Gasteiger partial charge in [0.15, 0.2) is 0 Å². The van der Waals surface area contributed by atoms with Gasteiger partial charge < -0.3 is 15.2 Å². The second-order valence-corrected chi connectivity index (χ2v) is 7.62. The minimum Gasteiger partial charge on any atom is -0.466 e. The molecule has 0 radical (unpaired) electrons. The summed E-state index contributed by atoms with van der Waals surface area (Å²) in [7, 11) is 0. The van der Waals surface area contributed by atoms with Crippen LogP contribution in [-0.4, -0.2) is 23.8 Å². The number of aliphatic hydroxyl groups is 1. The second kappa shape index (κ2) is 8.19. The molecule has 2 aliphatic carbocycles. The Hall–Kier alpha value is -2.59. The molecule has 28 heavy (non-hydrogen) atoms. The topological polar surface area (TPSA) is 58.6 Å². The monoisotopic (exact) mass is 377 g/mol. The van der Waals surface area contributed by atoms with E-state index in [1.807, 2.05) is 37.3 Å². The zero-order chi connectivity index (χ0) is 19.5. The lowest BCUT2D eigenvalue weighted by atomic mass is 9.98. The lowest BCUT2D eigenvalue weighted by Crippen LogP contribution is -2.07. The average Bonchev–Trinajstić information content (AvgIpc) is 3.32. The summed E-state index contributed by atoms with van der Waals surface area (Å²) in [6.45, 7) is 2.23. The third kappa shape index (κ3) is 4.12. The fourth-order valence-corrected chi connectivity index (χ4v) is 4.19. The van der Waals surface area contributed by atoms with Crippen molar-refractivity contribution in [3.63, 3.8) is 0 Å². The number of carbonyl (C=O) groups excluding carboxylic acids is 1. The molecule has 2 N–H and O–H groups in total. The van der Waals surface area contributed by atoms with Gasteiger partial charge in [-0.25, -0.2) is 0 Å². The van der Waals surface area contributed by atoms with Gasteiger partial charge in [-0.15, -0.1) is 0 Å². The van der Waals surface area contributed by atoms with Gasteiger partial charge in [0.05, 0.1) is 19.1 Å². The second-order valence-electron chi connectivity index (χ2n) is 7.62. The van der Waals surface area contributed by atoms with Crippen molar-refractivity contribution < 1.29 is 14.6 Å². The summed E-state index contributed by atoms with van der Waals surface area (Å²) in [6, 6.07) is 12.5. The Labute approximate surface area is 166 Å². The number of benzene rings is 2. The highest BCUT2D eigenvalue weighted by Crippen LogP contribution is 2.37. The number of esters is 1. The number of hydrogen-bond donors (Lipinski definition) is 2. The zero-order valence-corrected chi connectivity index (χ0v) is 16.3. The van der Waals surface area contributed by atoms with E-state index in [1.165, 1.54) is 28.7 Å². The lowest BCUT2D eigenvalue weighted by Gasteiger charge is -2.15. The molecule has 0 spiro atoms. The third-order valence-electron chi connectivity index (χ3n) is 5.58. The van der Waals surface area contributed by atoms with E-state index in [0.29, 0.717) is 13.0 Å². The fourth-order valence-electron chi connectivity index (χ4n) is 4.19. The smallest absolute Gasteiger partial charge is 0.310 e. The standard InChI is InChI=1S/C24H27NO3/c1-2-28-24(27)12-16-6-9-20(10-7-16)25-23-15-19(17-8-11-21(26)14-17)13-18-4-3-5-22(18)23/h6-7,9-10,13-15,21,25-26H,2-5,8,11-12H2,1H3. The van der Waals surface area contributed by atoms with Crippen LogP contribution in [0.25, 0.3) is 5.57 Å². The van der Waals surface area contributed by atoms with Gasteiger partial charge in [-0.05, 0) is 85.1 Å². The highest BCUT2D eigenvalue weighted by atomic mass is 16.5. The molecular weight excluding hydrogens is 350 g/mol. The molecule has 1 unspecified atom stereocenters. The Balaban J connectivity index is 1.55. The van der Waals surface area contributed by atoms with E-state index in [9.17, 15) is 9.90 Å². The Kier molecular flexibility index (Phi) is 5.49. The SMILES string of the molecule is CCOC(=O)Cc1ccc(Nc2cc(C3=CC(O)CC3)cc3c2CCC3)cc1. The number of fused-ring (bicyclic) bond motifs is 1. The van der Waals surface area contributed by atoms with Crippen LogP contribution in [0.1, 0.15) is 48.4 Å². The minimum atomic E-state index is -0.313. The number of carbonyl (C=O) groups is 1. The predicted molar refractivity (Wildman–Crippen MR) is 112 cm³/mol. The molecule has 0 aromatic heterocycles. The van der Waals surface area contributed by atoms with Crippen molar-refractivity contribution >= 4 is 22.9 Å². The maximum Gasteiger partial charge on any atom is 0.310 e. The first-order valence-electron chi connectivity index (χ1n) is 10.2. The van der Waals surface area contributed by atoms with Crippen molar-refractivity contribution in [2.75, 3.05) is 11.9 Å². The van der Waals surface area contributed by atoms with Gasteiger partial charge >= 0.3 is 5.97 Å². The summed E-state index contributed by atoms with van der Waals surface area (Å²) in [4.78, 5) is 11.6. The largest absolute Gasteiger partial charge is 0.466 e. The molecule has 1 atom stereocenters. The summed E-state index contributed by atoms with van der Waals surface area (Å²) < 4.78 is 5.01. The maximum atomic E-state index is 11.6. The number of hydrogen-bond acceptors (Lipinski definition) is 4. The van der Waals surface area contributed by atoms with Crippen molar-refractivity contribution in [3.8, 4) is 0 Å². The summed E-state index contributed by atoms with van der Waals surface area (Å²) in [6.07, 6.45) is 7.13. The van der Waals surface area contributed by atoms with Crippen molar-refractivity contribution in [1.29, 1.82) is 0 Å². The minimum absolute atomic E-state index is 0.194. The van der Waals surface area contributed by atoms with Crippen LogP contribution < -0.4 is 5.32 Å². The van der Waals surface area contributed by atoms with E-state index >= 15 is 0 Å². The lowest BCUT2D eigenvalue weighted by molar-refractivity contribution is -0.142. The average molecular weight is 377 g/mol. The zero-order valence-electron chi connectivity index (χ0n) is 16.3. The van der Waals surface area contributed by atoms with Crippen molar-refractivity contribution in [1.82, 2.24) is 0 Å². The predicted octanol–water partition coefficient (Wildman–Crippen LogP) is 4.56. The molecule has 4 heteroatoms. The molecule has 0 saturated carbocycles. The van der Waals surface area contributed by atoms with Gasteiger partial charge in [-0.3, -0.25) is 4.79 Å². The van der Waals surface area contributed by atoms with Gasteiger partial charge in [-0.2, -0.15) is 0 Å². The van der Waals surface area contributed by atoms with Crippen LogP contribution in [0.15, 0.2) is 42.5 Å². The Morgan fingerprint density at radius 3 is 2.71 bits per heavy atom. The van der Waals surface area contributed by atoms with E-state index < -0.39 is 0 Å². The molecule has 0 bridgehead atoms. The fraction of sp³-hybridized carbons (Fsp3) is 0.375. The molecule has 0 aliphatic heterocycles. The van der Waals surface area contributed by atoms with Gasteiger partial charge in [0.1, 0.15) is 0 Å². The number of aliphatic hydroxyl groups excluding tert-OH is 1. The highest BCUT2D eigenvalue weighted by molar-refractivity contribution is 5.76. The molecule has 2 aliphatic rings. The molecule has 0 fully saturated rings. The van der Waals surface area contributed by atoms with Crippen LogP contribution in [0.4, 0.5) is 11.4 Å². The van der Waals surface area contributed by atoms with E-state index in [1.54, 1.807) is 0 Å². The summed E-state index contributed by atoms with van der Waals surface area (Å²) in [5.74, 6) is -0.194. The first kappa shape index (κ1) is 18.8. The van der Waals surface area contributed by atoms with Crippen LogP contribution in [0.2, 0.25) is 0 Å². The maximum absolute atomic E-state index is 11.6. The molecule has 146 valence electrons. The Morgan fingerprint density at radius 2 is 2.00 bits per heavy atom. The van der Waals surface area contributed by atoms with E-state index in [2.05, 4.69) is 17.4 Å². The third-order valence-corrected chi connectivity index (χ3v) is 5.58. The molecule has 0 saturated heterocycles. The quantitative estimate of drug-likeness (QED) is 0.725. The number of ether oxygens (including phenoxy) is 1. The summed E-state index contributed by atoms with van der Waals surface area (Å²) >= 11 is 0. The Bertz CT molecular complexity index is 899. The van der Waals surface area contributed by atoms with E-state index in [4.69, 9.17) is 4.74 Å². The molecule has 4 nitrogen and oxygen atoms in total. The molecule has 4 rings (SSSR count). The van der Waals surface area contributed by atoms with Crippen LogP contribution in [-0.2, 0) is 28.8 Å². The molecule has 0 amide bonds. The first-order chi connectivity index (χ1) is 13.6. The Morgan fingerprint density at radius 1 is 1.18 bits per heavy atom. The van der Waals surface area contributed by atoms with Gasteiger partial charge in [0.2, 0.25) is 0 Å². The first-order valence-corrected chi connectivity index (χ1v) is 10.2. The van der Waals surface area contributed by atoms with E-state index in [-0.39, 0.29) is 12.1 Å².